The molecule has 1 heterocycles. The molecule has 7 heteroatoms. The Hall–Kier alpha value is -2.25. The van der Waals surface area contributed by atoms with Gasteiger partial charge in [0.15, 0.2) is 0 Å². The van der Waals surface area contributed by atoms with Gasteiger partial charge in [0.1, 0.15) is 5.82 Å². The van der Waals surface area contributed by atoms with Crippen molar-refractivity contribution < 1.29 is 17.6 Å². The molecule has 0 unspecified atom stereocenters. The van der Waals surface area contributed by atoms with Crippen LogP contribution in [0.4, 0.5) is 4.39 Å². The Kier molecular flexibility index (Phi) is 6.70. The fourth-order valence-electron chi connectivity index (χ4n) is 3.66. The monoisotopic (exact) mass is 418 g/mol. The van der Waals surface area contributed by atoms with Crippen molar-refractivity contribution in [3.63, 3.8) is 0 Å². The Morgan fingerprint density at radius 2 is 1.79 bits per heavy atom. The Balaban J connectivity index is 1.63. The Morgan fingerprint density at radius 3 is 2.38 bits per heavy atom. The molecule has 1 amide bonds. The average Bonchev–Trinajstić information content (AvgIpc) is 2.72. The van der Waals surface area contributed by atoms with Gasteiger partial charge in [0.25, 0.3) is 0 Å². The molecule has 0 spiro atoms. The standard InChI is InChI=1S/C22H27FN2O3S/c1-3-24(16-18-5-4-6-20(23)15-18)22(26)19-11-13-25(14-12-19)29(27,28)21-9-7-17(2)8-10-21/h4-10,15,19H,3,11-14,16H2,1-2H3. The second kappa shape index (κ2) is 9.05. The van der Waals surface area contributed by atoms with Gasteiger partial charge in [-0.2, -0.15) is 4.31 Å². The first-order valence-corrected chi connectivity index (χ1v) is 11.4. The van der Waals surface area contributed by atoms with E-state index in [1.54, 1.807) is 41.3 Å². The highest BCUT2D eigenvalue weighted by Crippen LogP contribution is 2.26. The SMILES string of the molecule is CCN(Cc1cccc(F)c1)C(=O)C1CCN(S(=O)(=O)c2ccc(C)cc2)CC1. The van der Waals surface area contributed by atoms with Crippen molar-refractivity contribution in [1.29, 1.82) is 0 Å². The molecular weight excluding hydrogens is 391 g/mol. The minimum absolute atomic E-state index is 0.00384. The van der Waals surface area contributed by atoms with Gasteiger partial charge in [-0.15, -0.1) is 0 Å². The van der Waals surface area contributed by atoms with Gasteiger partial charge in [0.2, 0.25) is 15.9 Å². The number of piperidine rings is 1. The van der Waals surface area contributed by atoms with Crippen LogP contribution in [0.25, 0.3) is 0 Å². The van der Waals surface area contributed by atoms with Crippen LogP contribution in [0.5, 0.6) is 0 Å². The van der Waals surface area contributed by atoms with Crippen molar-refractivity contribution in [1.82, 2.24) is 9.21 Å². The molecule has 0 bridgehead atoms. The molecule has 1 saturated heterocycles. The van der Waals surface area contributed by atoms with E-state index < -0.39 is 10.0 Å². The van der Waals surface area contributed by atoms with E-state index in [1.165, 1.54) is 16.4 Å². The van der Waals surface area contributed by atoms with E-state index in [2.05, 4.69) is 0 Å². The lowest BCUT2D eigenvalue weighted by Gasteiger charge is -2.33. The molecule has 1 fully saturated rings. The van der Waals surface area contributed by atoms with Gasteiger partial charge in [-0.3, -0.25) is 4.79 Å². The summed E-state index contributed by atoms with van der Waals surface area (Å²) < 4.78 is 40.6. The summed E-state index contributed by atoms with van der Waals surface area (Å²) in [5, 5.41) is 0. The van der Waals surface area contributed by atoms with E-state index in [0.717, 1.165) is 11.1 Å². The lowest BCUT2D eigenvalue weighted by Crippen LogP contribution is -2.44. The number of nitrogens with zero attached hydrogens (tertiary/aromatic N) is 2. The molecule has 0 aliphatic carbocycles. The van der Waals surface area contributed by atoms with Gasteiger partial charge in [-0.1, -0.05) is 29.8 Å². The molecule has 1 aliphatic rings. The van der Waals surface area contributed by atoms with Crippen molar-refractivity contribution in [2.45, 2.75) is 38.1 Å². The van der Waals surface area contributed by atoms with Crippen molar-refractivity contribution in [3.8, 4) is 0 Å². The van der Waals surface area contributed by atoms with E-state index in [9.17, 15) is 17.6 Å². The minimum atomic E-state index is -3.54. The molecule has 0 aromatic heterocycles. The average molecular weight is 419 g/mol. The van der Waals surface area contributed by atoms with Crippen LogP contribution in [0.2, 0.25) is 0 Å². The van der Waals surface area contributed by atoms with Gasteiger partial charge in [-0.25, -0.2) is 12.8 Å². The summed E-state index contributed by atoms with van der Waals surface area (Å²) in [5.74, 6) is -0.530. The smallest absolute Gasteiger partial charge is 0.243 e. The predicted molar refractivity (Wildman–Crippen MR) is 110 cm³/mol. The number of sulfonamides is 1. The molecule has 29 heavy (non-hydrogen) atoms. The van der Waals surface area contributed by atoms with E-state index in [1.807, 2.05) is 13.8 Å². The van der Waals surface area contributed by atoms with Crippen LogP contribution in [-0.2, 0) is 21.4 Å². The number of amides is 1. The highest BCUT2D eigenvalue weighted by Gasteiger charge is 2.33. The molecule has 1 aliphatic heterocycles. The number of carbonyl (C=O) groups is 1. The van der Waals surface area contributed by atoms with Gasteiger partial charge < -0.3 is 4.90 Å². The number of hydrogen-bond donors (Lipinski definition) is 0. The molecule has 0 saturated carbocycles. The van der Waals surface area contributed by atoms with Gasteiger partial charge in [0, 0.05) is 32.1 Å². The van der Waals surface area contributed by atoms with Gasteiger partial charge in [-0.05, 0) is 56.5 Å². The number of aryl methyl sites for hydroxylation is 1. The van der Waals surface area contributed by atoms with E-state index in [4.69, 9.17) is 0 Å². The van der Waals surface area contributed by atoms with Crippen LogP contribution in [0.3, 0.4) is 0 Å². The first-order chi connectivity index (χ1) is 13.8. The summed E-state index contributed by atoms with van der Waals surface area (Å²) in [6, 6.07) is 13.1. The second-order valence-electron chi connectivity index (χ2n) is 7.47. The maximum atomic E-state index is 13.4. The molecule has 2 aromatic carbocycles. The zero-order valence-corrected chi connectivity index (χ0v) is 17.7. The van der Waals surface area contributed by atoms with Crippen LogP contribution >= 0.6 is 0 Å². The predicted octanol–water partition coefficient (Wildman–Crippen LogP) is 3.58. The Labute approximate surface area is 172 Å². The number of carbonyl (C=O) groups excluding carboxylic acids is 1. The Morgan fingerprint density at radius 1 is 1.14 bits per heavy atom. The van der Waals surface area contributed by atoms with Crippen molar-refractivity contribution in [3.05, 3.63) is 65.5 Å². The van der Waals surface area contributed by atoms with E-state index in [0.29, 0.717) is 39.0 Å². The fraction of sp³-hybridized carbons (Fsp3) is 0.409. The summed E-state index contributed by atoms with van der Waals surface area (Å²) in [6.45, 7) is 5.34. The molecule has 156 valence electrons. The fourth-order valence-corrected chi connectivity index (χ4v) is 5.13. The summed E-state index contributed by atoms with van der Waals surface area (Å²) in [4.78, 5) is 14.9. The lowest BCUT2D eigenvalue weighted by atomic mass is 9.96. The van der Waals surface area contributed by atoms with Crippen molar-refractivity contribution >= 4 is 15.9 Å². The third kappa shape index (κ3) is 5.03. The molecule has 3 rings (SSSR count). The summed E-state index contributed by atoms with van der Waals surface area (Å²) in [7, 11) is -3.54. The largest absolute Gasteiger partial charge is 0.338 e. The summed E-state index contributed by atoms with van der Waals surface area (Å²) in [6.07, 6.45) is 0.979. The minimum Gasteiger partial charge on any atom is -0.338 e. The van der Waals surface area contributed by atoms with Crippen molar-refractivity contribution in [2.24, 2.45) is 5.92 Å². The number of rotatable bonds is 6. The summed E-state index contributed by atoms with van der Waals surface area (Å²) in [5.41, 5.74) is 1.76. The molecule has 0 atom stereocenters. The van der Waals surface area contributed by atoms with E-state index >= 15 is 0 Å². The van der Waals surface area contributed by atoms with Crippen LogP contribution < -0.4 is 0 Å². The normalized spacial score (nSPS) is 16.0. The van der Waals surface area contributed by atoms with Crippen LogP contribution in [0, 0.1) is 18.7 Å². The third-order valence-corrected chi connectivity index (χ3v) is 7.33. The molecule has 0 N–H and O–H groups in total. The zero-order valence-electron chi connectivity index (χ0n) is 16.8. The molecular formula is C22H27FN2O3S. The highest BCUT2D eigenvalue weighted by molar-refractivity contribution is 7.89. The molecule has 2 aromatic rings. The second-order valence-corrected chi connectivity index (χ2v) is 9.41. The van der Waals surface area contributed by atoms with Crippen molar-refractivity contribution in [2.75, 3.05) is 19.6 Å². The third-order valence-electron chi connectivity index (χ3n) is 5.42. The topological polar surface area (TPSA) is 57.7 Å². The van der Waals surface area contributed by atoms with Crippen LogP contribution in [0.15, 0.2) is 53.4 Å². The van der Waals surface area contributed by atoms with Crippen LogP contribution in [-0.4, -0.2) is 43.2 Å². The van der Waals surface area contributed by atoms with Gasteiger partial charge >= 0.3 is 0 Å². The number of hydrogen-bond acceptors (Lipinski definition) is 3. The van der Waals surface area contributed by atoms with Gasteiger partial charge in [0.05, 0.1) is 4.90 Å². The molecule has 0 radical (unpaired) electrons. The van der Waals surface area contributed by atoms with E-state index in [-0.39, 0.29) is 22.5 Å². The number of halogens is 1. The highest BCUT2D eigenvalue weighted by atomic mass is 32.2. The number of benzene rings is 2. The first-order valence-electron chi connectivity index (χ1n) is 9.91. The quantitative estimate of drug-likeness (QED) is 0.720. The first kappa shape index (κ1) is 21.5. The molecule has 5 nitrogen and oxygen atoms in total. The lowest BCUT2D eigenvalue weighted by molar-refractivity contribution is -0.137. The maximum absolute atomic E-state index is 13.4. The Bertz CT molecular complexity index is 952. The van der Waals surface area contributed by atoms with Crippen LogP contribution in [0.1, 0.15) is 30.9 Å². The summed E-state index contributed by atoms with van der Waals surface area (Å²) >= 11 is 0. The zero-order chi connectivity index (χ0) is 21.0. The maximum Gasteiger partial charge on any atom is 0.243 e.